The average molecular weight is 464 g/mol. The second-order valence-electron chi connectivity index (χ2n) is 9.05. The van der Waals surface area contributed by atoms with E-state index in [0.29, 0.717) is 12.1 Å². The molecule has 0 saturated carbocycles. The molecule has 33 heavy (non-hydrogen) atoms. The third-order valence-electron chi connectivity index (χ3n) is 6.44. The van der Waals surface area contributed by atoms with Crippen LogP contribution in [-0.4, -0.2) is 29.1 Å². The van der Waals surface area contributed by atoms with Gasteiger partial charge in [0.1, 0.15) is 5.76 Å². The summed E-state index contributed by atoms with van der Waals surface area (Å²) in [6.45, 7) is 10.1. The summed E-state index contributed by atoms with van der Waals surface area (Å²) in [4.78, 5) is 16.4. The van der Waals surface area contributed by atoms with Gasteiger partial charge in [0, 0.05) is 29.3 Å². The first-order valence-electron chi connectivity index (χ1n) is 11.7. The number of thioether (sulfide) groups is 1. The van der Waals surface area contributed by atoms with Gasteiger partial charge in [0.2, 0.25) is 0 Å². The first kappa shape index (κ1) is 23.6. The monoisotopic (exact) mass is 463 g/mol. The van der Waals surface area contributed by atoms with Crippen molar-refractivity contribution >= 4 is 17.7 Å². The highest BCUT2D eigenvalue weighted by Crippen LogP contribution is 2.29. The SMILES string of the molecule is Cc1noc(C)c1CSc1ccccc1C(=O)NCc1ccc(CN2CCC(C)CC2)cc1. The zero-order valence-corrected chi connectivity index (χ0v) is 20.6. The lowest BCUT2D eigenvalue weighted by Crippen LogP contribution is -2.32. The number of carbonyl (C=O) groups is 1. The lowest BCUT2D eigenvalue weighted by Gasteiger charge is -2.30. The normalized spacial score (nSPS) is 15.0. The number of benzene rings is 2. The van der Waals surface area contributed by atoms with E-state index in [4.69, 9.17) is 4.52 Å². The number of nitrogens with one attached hydrogen (secondary N) is 1. The predicted molar refractivity (Wildman–Crippen MR) is 133 cm³/mol. The summed E-state index contributed by atoms with van der Waals surface area (Å²) in [5.74, 6) is 2.36. The summed E-state index contributed by atoms with van der Waals surface area (Å²) in [7, 11) is 0. The minimum absolute atomic E-state index is 0.0524. The Morgan fingerprint density at radius 1 is 1.09 bits per heavy atom. The molecule has 4 rings (SSSR count). The van der Waals surface area contributed by atoms with Crippen molar-refractivity contribution in [2.24, 2.45) is 5.92 Å². The molecule has 2 heterocycles. The fraction of sp³-hybridized carbons (Fsp3) is 0.407. The van der Waals surface area contributed by atoms with E-state index in [9.17, 15) is 4.79 Å². The molecule has 0 aliphatic carbocycles. The largest absolute Gasteiger partial charge is 0.361 e. The van der Waals surface area contributed by atoms with Crippen molar-refractivity contribution in [1.29, 1.82) is 0 Å². The number of hydrogen-bond donors (Lipinski definition) is 1. The third kappa shape index (κ3) is 6.27. The number of piperidine rings is 1. The van der Waals surface area contributed by atoms with E-state index in [1.54, 1.807) is 11.8 Å². The highest BCUT2D eigenvalue weighted by molar-refractivity contribution is 7.98. The maximum Gasteiger partial charge on any atom is 0.252 e. The molecule has 6 heteroatoms. The molecule has 1 saturated heterocycles. The molecule has 1 aliphatic rings. The lowest BCUT2D eigenvalue weighted by molar-refractivity contribution is 0.0948. The minimum atomic E-state index is -0.0524. The highest BCUT2D eigenvalue weighted by atomic mass is 32.2. The van der Waals surface area contributed by atoms with Gasteiger partial charge < -0.3 is 9.84 Å². The zero-order valence-electron chi connectivity index (χ0n) is 19.8. The van der Waals surface area contributed by atoms with Gasteiger partial charge in [-0.15, -0.1) is 11.8 Å². The molecule has 1 aliphatic heterocycles. The van der Waals surface area contributed by atoms with E-state index < -0.39 is 0 Å². The van der Waals surface area contributed by atoms with Crippen molar-refractivity contribution in [3.63, 3.8) is 0 Å². The highest BCUT2D eigenvalue weighted by Gasteiger charge is 2.16. The fourth-order valence-corrected chi connectivity index (χ4v) is 5.36. The summed E-state index contributed by atoms with van der Waals surface area (Å²) in [6, 6.07) is 16.4. The van der Waals surface area contributed by atoms with Crippen LogP contribution >= 0.6 is 11.8 Å². The number of aromatic nitrogens is 1. The maximum absolute atomic E-state index is 12.9. The smallest absolute Gasteiger partial charge is 0.252 e. The number of rotatable bonds is 8. The predicted octanol–water partition coefficient (Wildman–Crippen LogP) is 5.75. The Bertz CT molecular complexity index is 1050. The van der Waals surface area contributed by atoms with Gasteiger partial charge >= 0.3 is 0 Å². The molecule has 1 fully saturated rings. The summed E-state index contributed by atoms with van der Waals surface area (Å²) in [5, 5.41) is 7.10. The molecule has 174 valence electrons. The van der Waals surface area contributed by atoms with Crippen LogP contribution in [0.25, 0.3) is 0 Å². The molecule has 5 nitrogen and oxygen atoms in total. The molecule has 2 aromatic carbocycles. The Balaban J connectivity index is 1.31. The van der Waals surface area contributed by atoms with Crippen LogP contribution < -0.4 is 5.32 Å². The van der Waals surface area contributed by atoms with Crippen LogP contribution in [0.5, 0.6) is 0 Å². The Morgan fingerprint density at radius 2 is 1.79 bits per heavy atom. The van der Waals surface area contributed by atoms with Crippen molar-refractivity contribution in [2.45, 2.75) is 57.4 Å². The van der Waals surface area contributed by atoms with Gasteiger partial charge in [-0.05, 0) is 69.0 Å². The van der Waals surface area contributed by atoms with Gasteiger partial charge in [0.05, 0.1) is 11.3 Å². The van der Waals surface area contributed by atoms with Gasteiger partial charge in [-0.1, -0.05) is 48.5 Å². The molecule has 3 aromatic rings. The Kier molecular flexibility index (Phi) is 7.89. The van der Waals surface area contributed by atoms with Crippen LogP contribution in [0.1, 0.15) is 58.3 Å². The van der Waals surface area contributed by atoms with E-state index in [2.05, 4.69) is 46.6 Å². The topological polar surface area (TPSA) is 58.4 Å². The summed E-state index contributed by atoms with van der Waals surface area (Å²) >= 11 is 1.64. The van der Waals surface area contributed by atoms with Crippen molar-refractivity contribution in [2.75, 3.05) is 13.1 Å². The Morgan fingerprint density at radius 3 is 2.48 bits per heavy atom. The molecule has 0 atom stereocenters. The summed E-state index contributed by atoms with van der Waals surface area (Å²) in [6.07, 6.45) is 2.59. The van der Waals surface area contributed by atoms with E-state index in [0.717, 1.165) is 45.7 Å². The summed E-state index contributed by atoms with van der Waals surface area (Å²) < 4.78 is 5.26. The molecule has 1 aromatic heterocycles. The van der Waals surface area contributed by atoms with Crippen molar-refractivity contribution in [1.82, 2.24) is 15.4 Å². The number of aryl methyl sites for hydroxylation is 2. The van der Waals surface area contributed by atoms with E-state index in [-0.39, 0.29) is 5.91 Å². The average Bonchev–Trinajstić information content (AvgIpc) is 3.15. The van der Waals surface area contributed by atoms with Crippen molar-refractivity contribution in [3.8, 4) is 0 Å². The number of likely N-dealkylation sites (tertiary alicyclic amines) is 1. The molecular formula is C27H33N3O2S. The van der Waals surface area contributed by atoms with Gasteiger partial charge in [-0.25, -0.2) is 0 Å². The second kappa shape index (κ2) is 11.0. The van der Waals surface area contributed by atoms with Crippen LogP contribution in [0.2, 0.25) is 0 Å². The molecule has 0 bridgehead atoms. The van der Waals surface area contributed by atoms with Crippen molar-refractivity contribution in [3.05, 3.63) is 82.2 Å². The molecule has 1 N–H and O–H groups in total. The molecular weight excluding hydrogens is 430 g/mol. The van der Waals surface area contributed by atoms with Gasteiger partial charge in [-0.2, -0.15) is 0 Å². The number of hydrogen-bond acceptors (Lipinski definition) is 5. The fourth-order valence-electron chi connectivity index (χ4n) is 4.16. The van der Waals surface area contributed by atoms with Crippen LogP contribution in [0.15, 0.2) is 57.9 Å². The van der Waals surface area contributed by atoms with Gasteiger partial charge in [-0.3, -0.25) is 9.69 Å². The van der Waals surface area contributed by atoms with Crippen LogP contribution in [0.3, 0.4) is 0 Å². The van der Waals surface area contributed by atoms with Crippen LogP contribution in [-0.2, 0) is 18.8 Å². The lowest BCUT2D eigenvalue weighted by atomic mass is 9.99. The number of nitrogens with zero attached hydrogens (tertiary/aromatic N) is 2. The Labute approximate surface area is 200 Å². The number of amides is 1. The molecule has 0 spiro atoms. The molecule has 1 amide bonds. The van der Waals surface area contributed by atoms with E-state index in [1.165, 1.54) is 31.5 Å². The second-order valence-corrected chi connectivity index (χ2v) is 10.1. The van der Waals surface area contributed by atoms with Crippen molar-refractivity contribution < 1.29 is 9.32 Å². The first-order chi connectivity index (χ1) is 16.0. The van der Waals surface area contributed by atoms with Gasteiger partial charge in [0.25, 0.3) is 5.91 Å². The molecule has 0 unspecified atom stereocenters. The van der Waals surface area contributed by atoms with Crippen LogP contribution in [0.4, 0.5) is 0 Å². The van der Waals surface area contributed by atoms with Crippen LogP contribution in [0, 0.1) is 19.8 Å². The minimum Gasteiger partial charge on any atom is -0.361 e. The zero-order chi connectivity index (χ0) is 23.2. The third-order valence-corrected chi connectivity index (χ3v) is 7.54. The number of carbonyl (C=O) groups excluding carboxylic acids is 1. The quantitative estimate of drug-likeness (QED) is 0.431. The summed E-state index contributed by atoms with van der Waals surface area (Å²) in [5.41, 5.74) is 5.14. The standard InChI is InChI=1S/C27H33N3O2S/c1-19-12-14-30(15-13-19)17-23-10-8-22(9-11-23)16-28-27(31)24-6-4-5-7-26(24)33-18-25-20(2)29-32-21(25)3/h4-11,19H,12-18H2,1-3H3,(H,28,31). The first-order valence-corrected chi connectivity index (χ1v) is 12.7. The van der Waals surface area contributed by atoms with Gasteiger partial charge in [0.15, 0.2) is 0 Å². The molecule has 0 radical (unpaired) electrons. The van der Waals surface area contributed by atoms with E-state index in [1.807, 2.05) is 38.1 Å². The maximum atomic E-state index is 12.9. The van der Waals surface area contributed by atoms with E-state index >= 15 is 0 Å². The Hall–Kier alpha value is -2.57.